The zero-order chi connectivity index (χ0) is 20.5. The van der Waals surface area contributed by atoms with E-state index in [-0.39, 0.29) is 6.04 Å². The largest absolute Gasteiger partial charge is 0.598 e. The Morgan fingerprint density at radius 3 is 2.97 bits per heavy atom. The fourth-order valence-corrected chi connectivity index (χ4v) is 4.63. The third-order valence-electron chi connectivity index (χ3n) is 5.35. The number of nitrogens with one attached hydrogen (secondary N) is 2. The lowest BCUT2D eigenvalue weighted by molar-refractivity contribution is 0.226. The molecule has 0 radical (unpaired) electrons. The van der Waals surface area contributed by atoms with Crippen molar-refractivity contribution in [3.63, 3.8) is 0 Å². The number of hydrogen-bond acceptors (Lipinski definition) is 7. The molecule has 4 rings (SSSR count). The number of H-pyrrole nitrogens is 1. The van der Waals surface area contributed by atoms with Crippen LogP contribution in [0.5, 0.6) is 0 Å². The summed E-state index contributed by atoms with van der Waals surface area (Å²) in [5, 5.41) is 7.16. The highest BCUT2D eigenvalue weighted by molar-refractivity contribution is 7.88. The molecule has 2 aliphatic rings. The van der Waals surface area contributed by atoms with Crippen LogP contribution in [0.2, 0.25) is 0 Å². The molecule has 8 nitrogen and oxygen atoms in total. The number of hydrogen-bond donors (Lipinski definition) is 2. The van der Waals surface area contributed by atoms with Crippen LogP contribution in [0.4, 0.5) is 14.6 Å². The normalized spacial score (nSPS) is 23.3. The van der Waals surface area contributed by atoms with Crippen molar-refractivity contribution in [2.75, 3.05) is 30.8 Å². The van der Waals surface area contributed by atoms with Crippen LogP contribution in [0.3, 0.4) is 0 Å². The van der Waals surface area contributed by atoms with Crippen LogP contribution in [0.15, 0.2) is 24.7 Å². The van der Waals surface area contributed by atoms with E-state index in [1.165, 1.54) is 12.4 Å². The Morgan fingerprint density at radius 2 is 2.21 bits per heavy atom. The second-order valence-corrected chi connectivity index (χ2v) is 8.48. The van der Waals surface area contributed by atoms with Crippen LogP contribution in [-0.4, -0.2) is 72.9 Å². The highest BCUT2D eigenvalue weighted by atomic mass is 32.2. The molecule has 0 aromatic carbocycles. The Morgan fingerprint density at radius 1 is 1.38 bits per heavy atom. The maximum Gasteiger partial charge on any atom is 0.279 e. The smallest absolute Gasteiger partial charge is 0.279 e. The molecule has 2 N–H and O–H groups in total. The molecule has 2 aromatic rings. The third-order valence-corrected chi connectivity index (χ3v) is 6.38. The van der Waals surface area contributed by atoms with E-state index in [4.69, 9.17) is 5.41 Å². The lowest BCUT2D eigenvalue weighted by atomic mass is 10.1. The average Bonchev–Trinajstić information content (AvgIpc) is 3.41. The average molecular weight is 421 g/mol. The summed E-state index contributed by atoms with van der Waals surface area (Å²) in [6, 6.07) is 2.15. The van der Waals surface area contributed by atoms with Gasteiger partial charge in [0.2, 0.25) is 0 Å². The van der Waals surface area contributed by atoms with E-state index in [2.05, 4.69) is 24.8 Å². The van der Waals surface area contributed by atoms with Crippen molar-refractivity contribution in [1.29, 1.82) is 5.41 Å². The van der Waals surface area contributed by atoms with Gasteiger partial charge in [-0.3, -0.25) is 5.41 Å². The predicted molar refractivity (Wildman–Crippen MR) is 107 cm³/mol. The Hall–Kier alpha value is -2.37. The molecule has 0 saturated carbocycles. The summed E-state index contributed by atoms with van der Waals surface area (Å²) >= 11 is -0.969. The molecule has 0 amide bonds. The molecular formula is C18H21F2N7OS. The van der Waals surface area contributed by atoms with Crippen LogP contribution in [0.25, 0.3) is 17.5 Å². The number of allylic oxidation sites excluding steroid dienone is 1. The fraction of sp³-hybridized carbons (Fsp3) is 0.444. The van der Waals surface area contributed by atoms with Gasteiger partial charge in [0.1, 0.15) is 24.2 Å². The van der Waals surface area contributed by atoms with Crippen LogP contribution < -0.4 is 4.90 Å². The van der Waals surface area contributed by atoms with E-state index < -0.39 is 23.5 Å². The van der Waals surface area contributed by atoms with Crippen LogP contribution in [0.1, 0.15) is 12.2 Å². The van der Waals surface area contributed by atoms with Gasteiger partial charge < -0.3 is 14.4 Å². The quantitative estimate of drug-likeness (QED) is 0.545. The minimum atomic E-state index is -2.81. The summed E-state index contributed by atoms with van der Waals surface area (Å²) in [6.45, 7) is 2.48. The topological polar surface area (TPSA) is 108 Å². The Kier molecular flexibility index (Phi) is 5.61. The maximum atomic E-state index is 12.4. The van der Waals surface area contributed by atoms with Gasteiger partial charge in [-0.1, -0.05) is 0 Å². The van der Waals surface area contributed by atoms with Crippen molar-refractivity contribution in [2.24, 2.45) is 5.92 Å². The standard InChI is InChI=1S/C18H21F2N7OS/c1-29(28)26-8-11-4-5-27(15(11)9-26)17-6-13(23-10-24-17)14-7-22-16(25-14)3-2-12(21)18(19)20/h2-3,6-7,10-11,15,18,21H,4-5,8-9H2,1H3,(H,22,25)/b3-2-,21-12?. The maximum absolute atomic E-state index is 12.4. The molecule has 3 atom stereocenters. The third kappa shape index (κ3) is 4.16. The van der Waals surface area contributed by atoms with Crippen LogP contribution >= 0.6 is 0 Å². The van der Waals surface area contributed by atoms with Crippen molar-refractivity contribution < 1.29 is 13.3 Å². The van der Waals surface area contributed by atoms with Crippen molar-refractivity contribution in [3.05, 3.63) is 30.5 Å². The number of fused-ring (bicyclic) bond motifs is 1. The Balaban J connectivity index is 1.51. The monoisotopic (exact) mass is 421 g/mol. The first-order chi connectivity index (χ1) is 13.9. The SMILES string of the molecule is C[S+]([O-])N1CC2CCN(c3cc(-c4cnc(/C=C\C(=N)C(F)F)[nH]4)ncn3)C2C1. The second-order valence-electron chi connectivity index (χ2n) is 7.11. The van der Waals surface area contributed by atoms with Gasteiger partial charge in [0.15, 0.2) is 0 Å². The molecular weight excluding hydrogens is 400 g/mol. The van der Waals surface area contributed by atoms with Crippen molar-refractivity contribution in [2.45, 2.75) is 18.9 Å². The molecule has 154 valence electrons. The number of aromatic nitrogens is 4. The molecule has 4 heterocycles. The molecule has 3 unspecified atom stereocenters. The zero-order valence-corrected chi connectivity index (χ0v) is 16.6. The van der Waals surface area contributed by atoms with E-state index in [1.807, 2.05) is 10.4 Å². The van der Waals surface area contributed by atoms with Crippen LogP contribution in [0, 0.1) is 11.3 Å². The predicted octanol–water partition coefficient (Wildman–Crippen LogP) is 1.97. The molecule has 0 aliphatic carbocycles. The number of rotatable bonds is 6. The summed E-state index contributed by atoms with van der Waals surface area (Å²) < 4.78 is 38.6. The van der Waals surface area contributed by atoms with E-state index in [0.717, 1.165) is 37.9 Å². The number of aromatic amines is 1. The lowest BCUT2D eigenvalue weighted by Gasteiger charge is -2.25. The first kappa shape index (κ1) is 19.9. The summed E-state index contributed by atoms with van der Waals surface area (Å²) in [5.41, 5.74) is 0.508. The van der Waals surface area contributed by atoms with E-state index in [1.54, 1.807) is 12.5 Å². The first-order valence-electron chi connectivity index (χ1n) is 9.19. The van der Waals surface area contributed by atoms with E-state index in [0.29, 0.717) is 23.1 Å². The van der Waals surface area contributed by atoms with Gasteiger partial charge in [0.05, 0.1) is 35.9 Å². The molecule has 0 bridgehead atoms. The summed E-state index contributed by atoms with van der Waals surface area (Å²) in [6.07, 6.45) is 5.35. The number of alkyl halides is 2. The van der Waals surface area contributed by atoms with E-state index in [9.17, 15) is 13.3 Å². The van der Waals surface area contributed by atoms with Gasteiger partial charge in [-0.25, -0.2) is 23.7 Å². The molecule has 2 fully saturated rings. The molecule has 11 heteroatoms. The van der Waals surface area contributed by atoms with Gasteiger partial charge in [-0.05, 0) is 24.5 Å². The van der Waals surface area contributed by atoms with Crippen molar-refractivity contribution in [3.8, 4) is 11.4 Å². The number of imidazole rings is 1. The summed E-state index contributed by atoms with van der Waals surface area (Å²) in [7, 11) is 0. The zero-order valence-electron chi connectivity index (χ0n) is 15.8. The van der Waals surface area contributed by atoms with Gasteiger partial charge in [0, 0.05) is 30.5 Å². The fourth-order valence-electron chi connectivity index (χ4n) is 3.86. The Labute approximate surface area is 169 Å². The van der Waals surface area contributed by atoms with E-state index >= 15 is 0 Å². The van der Waals surface area contributed by atoms with Crippen molar-refractivity contribution in [1.82, 2.24) is 24.2 Å². The molecule has 2 aliphatic heterocycles. The number of halogens is 2. The lowest BCUT2D eigenvalue weighted by Crippen LogP contribution is -2.37. The second kappa shape index (κ2) is 8.17. The highest BCUT2D eigenvalue weighted by Crippen LogP contribution is 2.35. The highest BCUT2D eigenvalue weighted by Gasteiger charge is 2.45. The van der Waals surface area contributed by atoms with Crippen molar-refractivity contribution >= 4 is 29.0 Å². The first-order valence-corrected chi connectivity index (χ1v) is 10.7. The molecule has 2 aromatic heterocycles. The summed E-state index contributed by atoms with van der Waals surface area (Å²) in [4.78, 5) is 18.1. The van der Waals surface area contributed by atoms with Gasteiger partial charge in [0.25, 0.3) is 6.43 Å². The van der Waals surface area contributed by atoms with Crippen LogP contribution in [-0.2, 0) is 11.4 Å². The van der Waals surface area contributed by atoms with Gasteiger partial charge in [-0.15, -0.1) is 4.31 Å². The number of anilines is 1. The molecule has 29 heavy (non-hydrogen) atoms. The molecule has 0 spiro atoms. The summed E-state index contributed by atoms with van der Waals surface area (Å²) in [5.74, 6) is 1.65. The minimum Gasteiger partial charge on any atom is -0.598 e. The minimum absolute atomic E-state index is 0.280. The van der Waals surface area contributed by atoms with Gasteiger partial charge in [-0.2, -0.15) is 0 Å². The Bertz CT molecular complexity index is 919. The number of nitrogens with zero attached hydrogens (tertiary/aromatic N) is 5. The van der Waals surface area contributed by atoms with Gasteiger partial charge >= 0.3 is 0 Å². The molecule has 2 saturated heterocycles.